The molecule has 3 N–H and O–H groups in total. The number of carboxylic acids is 1. The molecule has 0 unspecified atom stereocenters. The summed E-state index contributed by atoms with van der Waals surface area (Å²) in [6, 6.07) is 4.64. The summed E-state index contributed by atoms with van der Waals surface area (Å²) in [5.74, 6) is -1.65. The second kappa shape index (κ2) is 7.06. The van der Waals surface area contributed by atoms with Gasteiger partial charge in [-0.3, -0.25) is 9.59 Å². The minimum absolute atomic E-state index is 0.134. The molecule has 0 aliphatic rings. The molecule has 0 atom stereocenters. The standard InChI is InChI=1S/C16H22N2O4/c1-10-5-6-11(7-12(10)15(21)22)18-14(20)9-17-13(19)8-16(2,3)4/h5-7H,8-9H2,1-4H3,(H,17,19)(H,18,20)(H,21,22). The van der Waals surface area contributed by atoms with Crippen molar-refractivity contribution in [1.82, 2.24) is 5.32 Å². The number of rotatable bonds is 5. The van der Waals surface area contributed by atoms with Crippen LogP contribution in [0.4, 0.5) is 5.69 Å². The molecule has 120 valence electrons. The monoisotopic (exact) mass is 306 g/mol. The van der Waals surface area contributed by atoms with E-state index < -0.39 is 11.9 Å². The number of hydrogen-bond donors (Lipinski definition) is 3. The molecule has 0 aliphatic heterocycles. The van der Waals surface area contributed by atoms with Crippen molar-refractivity contribution in [2.24, 2.45) is 5.41 Å². The summed E-state index contributed by atoms with van der Waals surface area (Å²) in [4.78, 5) is 34.4. The van der Waals surface area contributed by atoms with Gasteiger partial charge in [0.05, 0.1) is 12.1 Å². The van der Waals surface area contributed by atoms with Gasteiger partial charge in [0.25, 0.3) is 0 Å². The molecule has 0 heterocycles. The first-order chi connectivity index (χ1) is 10.1. The quantitative estimate of drug-likeness (QED) is 0.777. The number of carbonyl (C=O) groups excluding carboxylic acids is 2. The molecule has 0 fully saturated rings. The normalized spacial score (nSPS) is 10.9. The highest BCUT2D eigenvalue weighted by Crippen LogP contribution is 2.18. The van der Waals surface area contributed by atoms with Gasteiger partial charge in [-0.25, -0.2) is 4.79 Å². The number of aromatic carboxylic acids is 1. The Labute approximate surface area is 129 Å². The van der Waals surface area contributed by atoms with Crippen molar-refractivity contribution in [1.29, 1.82) is 0 Å². The highest BCUT2D eigenvalue weighted by molar-refractivity contribution is 5.96. The highest BCUT2D eigenvalue weighted by atomic mass is 16.4. The Morgan fingerprint density at radius 1 is 1.14 bits per heavy atom. The number of carboxylic acid groups (broad SMARTS) is 1. The van der Waals surface area contributed by atoms with E-state index in [1.54, 1.807) is 19.1 Å². The summed E-state index contributed by atoms with van der Waals surface area (Å²) in [6.45, 7) is 7.35. The number of aryl methyl sites for hydroxylation is 1. The SMILES string of the molecule is Cc1ccc(NC(=O)CNC(=O)CC(C)(C)C)cc1C(=O)O. The lowest BCUT2D eigenvalue weighted by Gasteiger charge is -2.17. The molecule has 22 heavy (non-hydrogen) atoms. The Bertz CT molecular complexity index is 588. The predicted molar refractivity (Wildman–Crippen MR) is 83.8 cm³/mol. The van der Waals surface area contributed by atoms with Gasteiger partial charge in [-0.05, 0) is 30.0 Å². The Hall–Kier alpha value is -2.37. The van der Waals surface area contributed by atoms with Crippen molar-refractivity contribution in [3.05, 3.63) is 29.3 Å². The van der Waals surface area contributed by atoms with E-state index in [4.69, 9.17) is 5.11 Å². The molecule has 0 aliphatic carbocycles. The number of anilines is 1. The molecule has 0 radical (unpaired) electrons. The predicted octanol–water partition coefficient (Wildman–Crippen LogP) is 2.18. The maximum atomic E-state index is 11.8. The third-order valence-electron chi connectivity index (χ3n) is 2.89. The first-order valence-electron chi connectivity index (χ1n) is 6.99. The first-order valence-corrected chi connectivity index (χ1v) is 6.99. The fourth-order valence-electron chi connectivity index (χ4n) is 1.86. The highest BCUT2D eigenvalue weighted by Gasteiger charge is 2.16. The van der Waals surface area contributed by atoms with Crippen molar-refractivity contribution in [3.8, 4) is 0 Å². The van der Waals surface area contributed by atoms with Gasteiger partial charge in [-0.1, -0.05) is 26.8 Å². The summed E-state index contributed by atoms with van der Waals surface area (Å²) in [5.41, 5.74) is 0.991. The fourth-order valence-corrected chi connectivity index (χ4v) is 1.86. The van der Waals surface area contributed by atoms with Crippen LogP contribution in [0.3, 0.4) is 0 Å². The molecular weight excluding hydrogens is 284 g/mol. The molecule has 0 saturated carbocycles. The van der Waals surface area contributed by atoms with Crippen LogP contribution in [0, 0.1) is 12.3 Å². The van der Waals surface area contributed by atoms with Crippen LogP contribution in [0.15, 0.2) is 18.2 Å². The molecule has 6 nitrogen and oxygen atoms in total. The average Bonchev–Trinajstić information content (AvgIpc) is 2.36. The van der Waals surface area contributed by atoms with Crippen LogP contribution in [-0.2, 0) is 9.59 Å². The van der Waals surface area contributed by atoms with Crippen molar-refractivity contribution in [2.75, 3.05) is 11.9 Å². The number of benzene rings is 1. The van der Waals surface area contributed by atoms with Gasteiger partial charge in [-0.15, -0.1) is 0 Å². The number of nitrogens with one attached hydrogen (secondary N) is 2. The van der Waals surface area contributed by atoms with Crippen LogP contribution < -0.4 is 10.6 Å². The Kier molecular flexibility index (Phi) is 5.68. The first kappa shape index (κ1) is 17.7. The second-order valence-electron chi connectivity index (χ2n) is 6.40. The van der Waals surface area contributed by atoms with Crippen molar-refractivity contribution in [2.45, 2.75) is 34.1 Å². The summed E-state index contributed by atoms with van der Waals surface area (Å²) in [7, 11) is 0. The molecule has 1 aromatic carbocycles. The topological polar surface area (TPSA) is 95.5 Å². The van der Waals surface area contributed by atoms with Crippen molar-refractivity contribution < 1.29 is 19.5 Å². The van der Waals surface area contributed by atoms with Crippen LogP contribution in [-0.4, -0.2) is 29.4 Å². The van der Waals surface area contributed by atoms with Crippen LogP contribution in [0.2, 0.25) is 0 Å². The number of hydrogen-bond acceptors (Lipinski definition) is 3. The van der Waals surface area contributed by atoms with Gasteiger partial charge in [-0.2, -0.15) is 0 Å². The van der Waals surface area contributed by atoms with Gasteiger partial charge in [0.1, 0.15) is 0 Å². The van der Waals surface area contributed by atoms with Crippen molar-refractivity contribution >= 4 is 23.5 Å². The van der Waals surface area contributed by atoms with E-state index in [1.165, 1.54) is 6.07 Å². The van der Waals surface area contributed by atoms with Gasteiger partial charge in [0, 0.05) is 12.1 Å². The van der Waals surface area contributed by atoms with Crippen molar-refractivity contribution in [3.63, 3.8) is 0 Å². The summed E-state index contributed by atoms with van der Waals surface area (Å²) in [5, 5.41) is 14.1. The molecule has 0 aromatic heterocycles. The lowest BCUT2D eigenvalue weighted by molar-refractivity contribution is -0.125. The second-order valence-corrected chi connectivity index (χ2v) is 6.40. The van der Waals surface area contributed by atoms with E-state index in [9.17, 15) is 14.4 Å². The maximum absolute atomic E-state index is 11.8. The molecule has 2 amide bonds. The largest absolute Gasteiger partial charge is 0.478 e. The van der Waals surface area contributed by atoms with E-state index >= 15 is 0 Å². The minimum atomic E-state index is -1.05. The van der Waals surface area contributed by atoms with E-state index in [1.807, 2.05) is 20.8 Å². The third-order valence-corrected chi connectivity index (χ3v) is 2.89. The van der Waals surface area contributed by atoms with Crippen LogP contribution in [0.25, 0.3) is 0 Å². The summed E-state index contributed by atoms with van der Waals surface area (Å²) in [6.07, 6.45) is 0.327. The lowest BCUT2D eigenvalue weighted by Crippen LogP contribution is -2.34. The summed E-state index contributed by atoms with van der Waals surface area (Å²) >= 11 is 0. The zero-order chi connectivity index (χ0) is 16.9. The van der Waals surface area contributed by atoms with Gasteiger partial charge in [0.15, 0.2) is 0 Å². The molecule has 0 spiro atoms. The molecular formula is C16H22N2O4. The van der Waals surface area contributed by atoms with Gasteiger partial charge < -0.3 is 15.7 Å². The van der Waals surface area contributed by atoms with E-state index in [0.717, 1.165) is 0 Å². The smallest absolute Gasteiger partial charge is 0.336 e. The van der Waals surface area contributed by atoms with E-state index in [-0.39, 0.29) is 23.4 Å². The zero-order valence-electron chi connectivity index (χ0n) is 13.3. The number of amides is 2. The van der Waals surface area contributed by atoms with Crippen LogP contribution in [0.1, 0.15) is 43.1 Å². The van der Waals surface area contributed by atoms with E-state index in [0.29, 0.717) is 17.7 Å². The third kappa shape index (κ3) is 5.95. The molecule has 1 rings (SSSR count). The van der Waals surface area contributed by atoms with Crippen LogP contribution in [0.5, 0.6) is 0 Å². The molecule has 0 saturated heterocycles. The lowest BCUT2D eigenvalue weighted by atomic mass is 9.92. The fraction of sp³-hybridized carbons (Fsp3) is 0.438. The minimum Gasteiger partial charge on any atom is -0.478 e. The zero-order valence-corrected chi connectivity index (χ0v) is 13.3. The maximum Gasteiger partial charge on any atom is 0.336 e. The van der Waals surface area contributed by atoms with Gasteiger partial charge >= 0.3 is 5.97 Å². The van der Waals surface area contributed by atoms with Crippen LogP contribution >= 0.6 is 0 Å². The Morgan fingerprint density at radius 3 is 2.32 bits per heavy atom. The average molecular weight is 306 g/mol. The van der Waals surface area contributed by atoms with Gasteiger partial charge in [0.2, 0.25) is 11.8 Å². The molecule has 1 aromatic rings. The Balaban J connectivity index is 2.57. The molecule has 0 bridgehead atoms. The number of carbonyl (C=O) groups is 3. The summed E-state index contributed by atoms with van der Waals surface area (Å²) < 4.78 is 0. The van der Waals surface area contributed by atoms with E-state index in [2.05, 4.69) is 10.6 Å². The molecule has 6 heteroatoms. The Morgan fingerprint density at radius 2 is 1.77 bits per heavy atom.